The maximum atomic E-state index is 10.4. The number of rotatable bonds is 3. The molecule has 3 aromatic rings. The van der Waals surface area contributed by atoms with E-state index in [1.54, 1.807) is 12.3 Å². The molecule has 0 saturated carbocycles. The first-order valence-electron chi connectivity index (χ1n) is 8.51. The molecule has 1 fully saturated rings. The van der Waals surface area contributed by atoms with E-state index < -0.39 is 0 Å². The first-order valence-corrected chi connectivity index (χ1v) is 8.92. The van der Waals surface area contributed by atoms with Gasteiger partial charge in [-0.05, 0) is 62.0 Å². The van der Waals surface area contributed by atoms with Crippen LogP contribution in [0.5, 0.6) is 5.75 Å². The summed E-state index contributed by atoms with van der Waals surface area (Å²) in [6.45, 7) is 4.10. The molecule has 6 heteroatoms. The van der Waals surface area contributed by atoms with Crippen LogP contribution in [-0.2, 0) is 0 Å². The number of H-pyrrole nitrogens is 1. The van der Waals surface area contributed by atoms with Crippen LogP contribution < -0.4 is 10.2 Å². The number of hydrogen-bond acceptors (Lipinski definition) is 3. The summed E-state index contributed by atoms with van der Waals surface area (Å²) in [7, 11) is 0. The van der Waals surface area contributed by atoms with Crippen molar-refractivity contribution < 1.29 is 5.11 Å². The Kier molecular flexibility index (Phi) is 4.12. The number of aromatic nitrogens is 2. The normalized spacial score (nSPS) is 19.6. The summed E-state index contributed by atoms with van der Waals surface area (Å²) >= 11 is 5.65. The Balaban J connectivity index is 1.88. The second-order valence-corrected chi connectivity index (χ2v) is 6.90. The van der Waals surface area contributed by atoms with E-state index in [4.69, 9.17) is 12.2 Å². The summed E-state index contributed by atoms with van der Waals surface area (Å²) in [4.78, 5) is 9.90. The predicted molar refractivity (Wildman–Crippen MR) is 106 cm³/mol. The lowest BCUT2D eigenvalue weighted by Gasteiger charge is -2.28. The Morgan fingerprint density at radius 1 is 1.12 bits per heavy atom. The zero-order valence-corrected chi connectivity index (χ0v) is 15.4. The monoisotopic (exact) mass is 364 g/mol. The van der Waals surface area contributed by atoms with Crippen molar-refractivity contribution >= 4 is 23.0 Å². The average molecular weight is 364 g/mol. The minimum Gasteiger partial charge on any atom is -0.506 e. The largest absolute Gasteiger partial charge is 0.506 e. The number of pyridine rings is 1. The van der Waals surface area contributed by atoms with Crippen LogP contribution in [0.4, 0.5) is 5.69 Å². The molecule has 132 valence electrons. The van der Waals surface area contributed by atoms with Gasteiger partial charge in [-0.2, -0.15) is 0 Å². The topological polar surface area (TPSA) is 64.2 Å². The van der Waals surface area contributed by atoms with E-state index >= 15 is 0 Å². The molecule has 1 aliphatic rings. The fourth-order valence-electron chi connectivity index (χ4n) is 3.65. The van der Waals surface area contributed by atoms with E-state index in [1.165, 1.54) is 0 Å². The number of thiocarbonyl (C=S) groups is 1. The molecule has 2 atom stereocenters. The maximum Gasteiger partial charge on any atom is 0.174 e. The zero-order chi connectivity index (χ0) is 18.3. The van der Waals surface area contributed by atoms with Gasteiger partial charge in [-0.25, -0.2) is 0 Å². The molecule has 3 heterocycles. The molecule has 0 amide bonds. The Bertz CT molecular complexity index is 953. The highest BCUT2D eigenvalue weighted by Gasteiger charge is 2.42. The van der Waals surface area contributed by atoms with Crippen molar-refractivity contribution in [3.63, 3.8) is 0 Å². The number of aromatic amines is 1. The standard InChI is InChI=1S/C20H20N4OS/c1-12-11-14(13(2)22-12)19-18(15-7-5-6-10-21-15)23-20(26)24(19)16-8-3-4-9-17(16)25/h3-11,18-19,22,25H,1-2H3,(H,23,26)/t18-,19-/m1/s1. The molecule has 26 heavy (non-hydrogen) atoms. The molecule has 1 saturated heterocycles. The van der Waals surface area contributed by atoms with E-state index in [0.717, 1.165) is 22.6 Å². The van der Waals surface area contributed by atoms with Gasteiger partial charge in [0.2, 0.25) is 0 Å². The number of aryl methyl sites for hydroxylation is 2. The number of phenols is 1. The fourth-order valence-corrected chi connectivity index (χ4v) is 3.99. The van der Waals surface area contributed by atoms with Crippen LogP contribution in [-0.4, -0.2) is 20.2 Å². The summed E-state index contributed by atoms with van der Waals surface area (Å²) in [5.41, 5.74) is 4.91. The molecule has 1 aliphatic heterocycles. The molecular formula is C20H20N4OS. The Morgan fingerprint density at radius 3 is 2.54 bits per heavy atom. The molecule has 2 aromatic heterocycles. The number of nitrogens with zero attached hydrogens (tertiary/aromatic N) is 2. The molecule has 0 bridgehead atoms. The molecule has 3 N–H and O–H groups in total. The summed E-state index contributed by atoms with van der Waals surface area (Å²) in [6, 6.07) is 15.0. The van der Waals surface area contributed by atoms with Gasteiger partial charge in [-0.3, -0.25) is 4.98 Å². The lowest BCUT2D eigenvalue weighted by atomic mass is 9.96. The number of hydrogen-bond donors (Lipinski definition) is 3. The third kappa shape index (κ3) is 2.72. The van der Waals surface area contributed by atoms with Gasteiger partial charge in [0.25, 0.3) is 0 Å². The highest BCUT2D eigenvalue weighted by molar-refractivity contribution is 7.80. The predicted octanol–water partition coefficient (Wildman–Crippen LogP) is 3.91. The van der Waals surface area contributed by atoms with Gasteiger partial charge < -0.3 is 20.3 Å². The van der Waals surface area contributed by atoms with Gasteiger partial charge in [-0.1, -0.05) is 18.2 Å². The molecule has 0 unspecified atom stereocenters. The average Bonchev–Trinajstić information content (AvgIpc) is 3.14. The minimum atomic E-state index is -0.115. The van der Waals surface area contributed by atoms with Crippen LogP contribution in [0.15, 0.2) is 54.7 Å². The third-order valence-corrected chi connectivity index (χ3v) is 5.06. The summed E-state index contributed by atoms with van der Waals surface area (Å²) < 4.78 is 0. The zero-order valence-electron chi connectivity index (χ0n) is 14.6. The van der Waals surface area contributed by atoms with Crippen molar-refractivity contribution in [1.82, 2.24) is 15.3 Å². The van der Waals surface area contributed by atoms with Crippen molar-refractivity contribution in [3.05, 3.63) is 77.4 Å². The van der Waals surface area contributed by atoms with E-state index in [9.17, 15) is 5.11 Å². The van der Waals surface area contributed by atoms with Crippen molar-refractivity contribution in [2.45, 2.75) is 25.9 Å². The van der Waals surface area contributed by atoms with Gasteiger partial charge in [-0.15, -0.1) is 0 Å². The molecule has 0 spiro atoms. The van der Waals surface area contributed by atoms with Gasteiger partial charge in [0, 0.05) is 17.6 Å². The summed E-state index contributed by atoms with van der Waals surface area (Å²) in [6.07, 6.45) is 1.79. The van der Waals surface area contributed by atoms with Crippen LogP contribution in [0, 0.1) is 13.8 Å². The minimum absolute atomic E-state index is 0.114. The van der Waals surface area contributed by atoms with Gasteiger partial charge >= 0.3 is 0 Å². The molecule has 1 aromatic carbocycles. The number of para-hydroxylation sites is 2. The van der Waals surface area contributed by atoms with Gasteiger partial charge in [0.1, 0.15) is 5.75 Å². The van der Waals surface area contributed by atoms with E-state index in [-0.39, 0.29) is 17.8 Å². The quantitative estimate of drug-likeness (QED) is 0.615. The second-order valence-electron chi connectivity index (χ2n) is 6.52. The summed E-state index contributed by atoms with van der Waals surface area (Å²) in [5, 5.41) is 14.4. The van der Waals surface area contributed by atoms with Crippen LogP contribution in [0.1, 0.15) is 34.7 Å². The SMILES string of the molecule is Cc1cc([C@@H]2[C@@H](c3ccccn3)NC(=S)N2c2ccccc2O)c(C)[nH]1. The number of nitrogens with one attached hydrogen (secondary N) is 2. The van der Waals surface area contributed by atoms with Crippen LogP contribution in [0.3, 0.4) is 0 Å². The van der Waals surface area contributed by atoms with Crippen LogP contribution in [0.25, 0.3) is 0 Å². The van der Waals surface area contributed by atoms with E-state index in [0.29, 0.717) is 10.8 Å². The number of aromatic hydroxyl groups is 1. The lowest BCUT2D eigenvalue weighted by molar-refractivity contribution is 0.472. The first-order chi connectivity index (χ1) is 12.6. The van der Waals surface area contributed by atoms with E-state index in [2.05, 4.69) is 28.3 Å². The third-order valence-electron chi connectivity index (χ3n) is 4.75. The number of anilines is 1. The lowest BCUT2D eigenvalue weighted by Crippen LogP contribution is -2.29. The fraction of sp³-hybridized carbons (Fsp3) is 0.200. The molecule has 0 aliphatic carbocycles. The Morgan fingerprint density at radius 2 is 1.88 bits per heavy atom. The first kappa shape index (κ1) is 16.6. The molecular weight excluding hydrogens is 344 g/mol. The van der Waals surface area contributed by atoms with Crippen molar-refractivity contribution in [3.8, 4) is 5.75 Å². The van der Waals surface area contributed by atoms with E-state index in [1.807, 2.05) is 48.2 Å². The molecule has 5 nitrogen and oxygen atoms in total. The van der Waals surface area contributed by atoms with Crippen molar-refractivity contribution in [2.75, 3.05) is 4.90 Å². The number of phenolic OH excluding ortho intramolecular Hbond substituents is 1. The maximum absolute atomic E-state index is 10.4. The Labute approximate surface area is 157 Å². The van der Waals surface area contributed by atoms with Crippen molar-refractivity contribution in [1.29, 1.82) is 0 Å². The summed E-state index contributed by atoms with van der Waals surface area (Å²) in [5.74, 6) is 0.202. The smallest absolute Gasteiger partial charge is 0.174 e. The Hall–Kier alpha value is -2.86. The highest BCUT2D eigenvalue weighted by atomic mass is 32.1. The number of benzene rings is 1. The van der Waals surface area contributed by atoms with Crippen molar-refractivity contribution in [2.24, 2.45) is 0 Å². The van der Waals surface area contributed by atoms with Gasteiger partial charge in [0.15, 0.2) is 5.11 Å². The second kappa shape index (κ2) is 6.46. The van der Waals surface area contributed by atoms with Crippen LogP contribution >= 0.6 is 12.2 Å². The van der Waals surface area contributed by atoms with Crippen LogP contribution in [0.2, 0.25) is 0 Å². The van der Waals surface area contributed by atoms with Gasteiger partial charge in [0.05, 0.1) is 23.5 Å². The molecule has 0 radical (unpaired) electrons. The molecule has 4 rings (SSSR count). The highest BCUT2D eigenvalue weighted by Crippen LogP contribution is 2.44.